The molecule has 0 saturated heterocycles. The molecule has 5 rings (SSSR count). The van der Waals surface area contributed by atoms with Crippen LogP contribution in [0.5, 0.6) is 11.6 Å². The highest BCUT2D eigenvalue weighted by atomic mass is 16.5. The number of hydrogen-bond acceptors (Lipinski definition) is 4. The van der Waals surface area contributed by atoms with Crippen LogP contribution in [0.25, 0.3) is 33.9 Å². The Kier molecular flexibility index (Phi) is 4.80. The van der Waals surface area contributed by atoms with Crippen molar-refractivity contribution in [3.8, 4) is 45.5 Å². The van der Waals surface area contributed by atoms with Gasteiger partial charge >= 0.3 is 0 Å². The van der Waals surface area contributed by atoms with Gasteiger partial charge in [-0.05, 0) is 35.4 Å². The van der Waals surface area contributed by atoms with Crippen molar-refractivity contribution in [3.05, 3.63) is 109 Å². The molecule has 0 aliphatic heterocycles. The number of rotatable bonds is 5. The number of oxazole rings is 1. The van der Waals surface area contributed by atoms with Crippen molar-refractivity contribution >= 4 is 0 Å². The molecule has 144 valence electrons. The largest absolute Gasteiger partial charge is 0.439 e. The Labute approximate surface area is 174 Å². The van der Waals surface area contributed by atoms with Crippen molar-refractivity contribution in [1.29, 1.82) is 0 Å². The summed E-state index contributed by atoms with van der Waals surface area (Å²) in [5.74, 6) is 2.49. The summed E-state index contributed by atoms with van der Waals surface area (Å²) in [5, 5.41) is 0. The van der Waals surface area contributed by atoms with Crippen molar-refractivity contribution in [2.75, 3.05) is 0 Å². The Morgan fingerprint density at radius 1 is 0.600 bits per heavy atom. The van der Waals surface area contributed by atoms with Gasteiger partial charge in [-0.15, -0.1) is 0 Å². The van der Waals surface area contributed by atoms with Gasteiger partial charge in [-0.2, -0.15) is 0 Å². The molecule has 4 nitrogen and oxygen atoms in total. The Hall–Kier alpha value is -4.18. The first-order valence-corrected chi connectivity index (χ1v) is 9.66. The molecule has 0 N–H and O–H groups in total. The molecule has 0 aliphatic rings. The molecule has 0 radical (unpaired) electrons. The van der Waals surface area contributed by atoms with Crippen LogP contribution in [0.15, 0.2) is 114 Å². The molecule has 4 heteroatoms. The van der Waals surface area contributed by atoms with Crippen LogP contribution < -0.4 is 4.74 Å². The Morgan fingerprint density at radius 3 is 2.13 bits per heavy atom. The second kappa shape index (κ2) is 8.05. The highest BCUT2D eigenvalue weighted by Gasteiger charge is 2.10. The van der Waals surface area contributed by atoms with Crippen LogP contribution in [0.1, 0.15) is 0 Å². The predicted molar refractivity (Wildman–Crippen MR) is 117 cm³/mol. The van der Waals surface area contributed by atoms with Gasteiger partial charge in [-0.25, -0.2) is 9.97 Å². The van der Waals surface area contributed by atoms with Crippen LogP contribution in [0.3, 0.4) is 0 Å². The fraction of sp³-hybridized carbons (Fsp3) is 0. The summed E-state index contributed by atoms with van der Waals surface area (Å²) in [6.07, 6.45) is 3.45. The summed E-state index contributed by atoms with van der Waals surface area (Å²) >= 11 is 0. The third-order valence-electron chi connectivity index (χ3n) is 4.72. The van der Waals surface area contributed by atoms with E-state index in [1.54, 1.807) is 12.4 Å². The summed E-state index contributed by atoms with van der Waals surface area (Å²) in [4.78, 5) is 8.64. The van der Waals surface area contributed by atoms with Gasteiger partial charge in [0.25, 0.3) is 0 Å². The topological polar surface area (TPSA) is 48.2 Å². The highest BCUT2D eigenvalue weighted by Crippen LogP contribution is 2.30. The molecule has 0 unspecified atom stereocenters. The summed E-state index contributed by atoms with van der Waals surface area (Å²) in [6.45, 7) is 0. The lowest BCUT2D eigenvalue weighted by Gasteiger charge is -2.05. The van der Waals surface area contributed by atoms with Crippen LogP contribution in [0.2, 0.25) is 0 Å². The standard InChI is InChI=1S/C26H18N2O2/c1-2-7-19(8-3-1)20-12-14-21(15-13-20)24-18-28-26(30-24)22-9-6-10-23(17-22)29-25-11-4-5-16-27-25/h1-18H. The van der Waals surface area contributed by atoms with Gasteiger partial charge in [-0.1, -0.05) is 66.7 Å². The van der Waals surface area contributed by atoms with E-state index in [0.29, 0.717) is 17.5 Å². The van der Waals surface area contributed by atoms with Gasteiger partial charge < -0.3 is 9.15 Å². The maximum absolute atomic E-state index is 6.02. The maximum atomic E-state index is 6.02. The third-order valence-corrected chi connectivity index (χ3v) is 4.72. The van der Waals surface area contributed by atoms with Crippen LogP contribution in [0, 0.1) is 0 Å². The minimum absolute atomic E-state index is 0.543. The smallest absolute Gasteiger partial charge is 0.226 e. The molecule has 3 aromatic carbocycles. The van der Waals surface area contributed by atoms with Crippen LogP contribution in [0.4, 0.5) is 0 Å². The fourth-order valence-electron chi connectivity index (χ4n) is 3.22. The molecule has 30 heavy (non-hydrogen) atoms. The summed E-state index contributed by atoms with van der Waals surface area (Å²) < 4.78 is 11.8. The zero-order valence-electron chi connectivity index (χ0n) is 16.1. The van der Waals surface area contributed by atoms with E-state index in [0.717, 1.165) is 16.9 Å². The van der Waals surface area contributed by atoms with Crippen molar-refractivity contribution in [3.63, 3.8) is 0 Å². The van der Waals surface area contributed by atoms with Gasteiger partial charge in [0, 0.05) is 23.4 Å². The van der Waals surface area contributed by atoms with E-state index in [1.165, 1.54) is 11.1 Å². The first-order chi connectivity index (χ1) is 14.8. The Bertz CT molecular complexity index is 1250. The van der Waals surface area contributed by atoms with E-state index in [1.807, 2.05) is 72.8 Å². The number of benzene rings is 3. The fourth-order valence-corrected chi connectivity index (χ4v) is 3.22. The van der Waals surface area contributed by atoms with Crippen LogP contribution in [-0.4, -0.2) is 9.97 Å². The number of hydrogen-bond donors (Lipinski definition) is 0. The molecule has 2 aromatic heterocycles. The van der Waals surface area contributed by atoms with Crippen molar-refractivity contribution in [2.45, 2.75) is 0 Å². The number of ether oxygens (including phenoxy) is 1. The lowest BCUT2D eigenvalue weighted by atomic mass is 10.0. The molecule has 0 aliphatic carbocycles. The van der Waals surface area contributed by atoms with E-state index >= 15 is 0 Å². The molecule has 0 saturated carbocycles. The van der Waals surface area contributed by atoms with E-state index in [9.17, 15) is 0 Å². The number of pyridine rings is 1. The number of aromatic nitrogens is 2. The normalized spacial score (nSPS) is 10.7. The summed E-state index contributed by atoms with van der Waals surface area (Å²) in [5.41, 5.74) is 4.18. The summed E-state index contributed by atoms with van der Waals surface area (Å²) in [7, 11) is 0. The van der Waals surface area contributed by atoms with Gasteiger partial charge in [0.15, 0.2) is 5.76 Å². The summed E-state index contributed by atoms with van der Waals surface area (Å²) in [6, 6.07) is 31.7. The van der Waals surface area contributed by atoms with E-state index in [2.05, 4.69) is 34.2 Å². The molecule has 0 fully saturated rings. The van der Waals surface area contributed by atoms with Gasteiger partial charge in [0.2, 0.25) is 11.8 Å². The molecule has 5 aromatic rings. The second-order valence-corrected chi connectivity index (χ2v) is 6.77. The molecular weight excluding hydrogens is 372 g/mol. The molecule has 0 bridgehead atoms. The minimum Gasteiger partial charge on any atom is -0.439 e. The second-order valence-electron chi connectivity index (χ2n) is 6.77. The highest BCUT2D eigenvalue weighted by molar-refractivity contribution is 5.69. The average molecular weight is 390 g/mol. The van der Waals surface area contributed by atoms with Gasteiger partial charge in [0.05, 0.1) is 6.20 Å². The molecular formula is C26H18N2O2. The quantitative estimate of drug-likeness (QED) is 0.329. The molecule has 0 amide bonds. The molecule has 2 heterocycles. The molecule has 0 atom stereocenters. The minimum atomic E-state index is 0.543. The first-order valence-electron chi connectivity index (χ1n) is 9.66. The molecule has 0 spiro atoms. The van der Waals surface area contributed by atoms with E-state index in [4.69, 9.17) is 9.15 Å². The third kappa shape index (κ3) is 3.84. The van der Waals surface area contributed by atoms with Gasteiger partial charge in [-0.3, -0.25) is 0 Å². The van der Waals surface area contributed by atoms with Gasteiger partial charge in [0.1, 0.15) is 5.75 Å². The van der Waals surface area contributed by atoms with Crippen LogP contribution >= 0.6 is 0 Å². The maximum Gasteiger partial charge on any atom is 0.226 e. The monoisotopic (exact) mass is 390 g/mol. The van der Waals surface area contributed by atoms with E-state index in [-0.39, 0.29) is 0 Å². The van der Waals surface area contributed by atoms with Crippen molar-refractivity contribution in [2.24, 2.45) is 0 Å². The van der Waals surface area contributed by atoms with Crippen molar-refractivity contribution < 1.29 is 9.15 Å². The average Bonchev–Trinajstić information content (AvgIpc) is 3.31. The lowest BCUT2D eigenvalue weighted by Crippen LogP contribution is -1.87. The SMILES string of the molecule is c1ccc(-c2ccc(-c3cnc(-c4cccc(Oc5ccccn5)c4)o3)cc2)cc1. The van der Waals surface area contributed by atoms with Crippen molar-refractivity contribution in [1.82, 2.24) is 9.97 Å². The zero-order chi connectivity index (χ0) is 20.2. The van der Waals surface area contributed by atoms with Crippen LogP contribution in [-0.2, 0) is 0 Å². The lowest BCUT2D eigenvalue weighted by molar-refractivity contribution is 0.463. The zero-order valence-corrected chi connectivity index (χ0v) is 16.1. The predicted octanol–water partition coefficient (Wildman–Crippen LogP) is 6.86. The Morgan fingerprint density at radius 2 is 1.33 bits per heavy atom. The first kappa shape index (κ1) is 17.9. The number of nitrogens with zero attached hydrogens (tertiary/aromatic N) is 2. The Balaban J connectivity index is 1.37. The van der Waals surface area contributed by atoms with E-state index < -0.39 is 0 Å².